The van der Waals surface area contributed by atoms with E-state index in [4.69, 9.17) is 5.73 Å². The molecule has 0 aromatic rings. The normalized spacial score (nSPS) is 26.0. The third-order valence-corrected chi connectivity index (χ3v) is 7.94. The van der Waals surface area contributed by atoms with Crippen LogP contribution in [0.1, 0.15) is 64.7 Å². The minimum Gasteiger partial charge on any atom is -0.368 e. The lowest BCUT2D eigenvalue weighted by Crippen LogP contribution is -2.49. The van der Waals surface area contributed by atoms with Crippen molar-refractivity contribution in [1.82, 2.24) is 10.6 Å². The molecule has 2 aliphatic rings. The molecular weight excluding hydrogens is 338 g/mol. The summed E-state index contributed by atoms with van der Waals surface area (Å²) in [6.07, 6.45) is 11.0. The van der Waals surface area contributed by atoms with Gasteiger partial charge in [-0.25, -0.2) is 0 Å². The molecular formula is C18H35N3OS2. The third kappa shape index (κ3) is 7.14. The largest absolute Gasteiger partial charge is 0.368 e. The number of carbonyl (C=O) groups excluding carboxylic acids is 1. The van der Waals surface area contributed by atoms with E-state index in [0.717, 1.165) is 25.3 Å². The molecule has 4 N–H and O–H groups in total. The number of primary amides is 1. The number of hydrogen-bond donors (Lipinski definition) is 3. The van der Waals surface area contributed by atoms with E-state index < -0.39 is 0 Å². The summed E-state index contributed by atoms with van der Waals surface area (Å²) in [4.78, 5) is 11.6. The van der Waals surface area contributed by atoms with E-state index in [1.807, 2.05) is 21.6 Å². The Bertz CT molecular complexity index is 366. The molecule has 2 fully saturated rings. The molecule has 2 saturated carbocycles. The smallest absolute Gasteiger partial charge is 0.234 e. The van der Waals surface area contributed by atoms with E-state index in [2.05, 4.69) is 17.6 Å². The predicted octanol–water partition coefficient (Wildman–Crippen LogP) is 3.31. The van der Waals surface area contributed by atoms with Gasteiger partial charge in [0, 0.05) is 23.6 Å². The van der Waals surface area contributed by atoms with Crippen molar-refractivity contribution in [2.24, 2.45) is 11.7 Å². The Morgan fingerprint density at radius 2 is 1.96 bits per heavy atom. The number of nitrogens with two attached hydrogens (primary N) is 1. The highest BCUT2D eigenvalue weighted by molar-refractivity contribution is 8.76. The second-order valence-electron chi connectivity index (χ2n) is 7.19. The molecule has 2 aliphatic carbocycles. The molecule has 3 unspecified atom stereocenters. The first-order valence-corrected chi connectivity index (χ1v) is 12.2. The van der Waals surface area contributed by atoms with Crippen molar-refractivity contribution in [2.75, 3.05) is 18.1 Å². The number of nitrogens with one attached hydrogen (secondary N) is 2. The summed E-state index contributed by atoms with van der Waals surface area (Å²) < 4.78 is 0. The lowest BCUT2D eigenvalue weighted by molar-refractivity contribution is -0.120. The summed E-state index contributed by atoms with van der Waals surface area (Å²) in [6, 6.07) is 1.04. The fourth-order valence-corrected chi connectivity index (χ4v) is 5.81. The molecule has 0 radical (unpaired) electrons. The van der Waals surface area contributed by atoms with Gasteiger partial charge in [-0.15, -0.1) is 0 Å². The predicted molar refractivity (Wildman–Crippen MR) is 107 cm³/mol. The van der Waals surface area contributed by atoms with Gasteiger partial charge in [-0.1, -0.05) is 47.8 Å². The molecule has 2 rings (SSSR count). The molecule has 3 atom stereocenters. The standard InChI is InChI=1S/C18H35N3OS2/c1-2-23-24-13-14-7-3-4-10-16(14)20-12-6-11-17(18(19)22)21-15-8-5-9-15/h14-17,20-21H,2-13H2,1H3,(H2,19,22). The quantitative estimate of drug-likeness (QED) is 0.362. The number of carbonyl (C=O) groups is 1. The number of amides is 1. The van der Waals surface area contributed by atoms with Gasteiger partial charge in [-0.3, -0.25) is 4.79 Å². The van der Waals surface area contributed by atoms with E-state index in [9.17, 15) is 4.79 Å². The fourth-order valence-electron chi connectivity index (χ4n) is 3.66. The van der Waals surface area contributed by atoms with E-state index in [1.54, 1.807) is 0 Å². The molecule has 24 heavy (non-hydrogen) atoms. The first-order valence-electron chi connectivity index (χ1n) is 9.74. The first kappa shape index (κ1) is 20.4. The van der Waals surface area contributed by atoms with Gasteiger partial charge in [0.25, 0.3) is 0 Å². The maximum atomic E-state index is 11.6. The Morgan fingerprint density at radius 1 is 1.17 bits per heavy atom. The van der Waals surface area contributed by atoms with Crippen molar-refractivity contribution < 1.29 is 4.79 Å². The molecule has 0 saturated heterocycles. The molecule has 4 nitrogen and oxygen atoms in total. The second-order valence-corrected chi connectivity index (χ2v) is 9.98. The van der Waals surface area contributed by atoms with Crippen molar-refractivity contribution in [3.8, 4) is 0 Å². The summed E-state index contributed by atoms with van der Waals surface area (Å²) in [5.41, 5.74) is 5.55. The van der Waals surface area contributed by atoms with Crippen molar-refractivity contribution in [3.63, 3.8) is 0 Å². The van der Waals surface area contributed by atoms with Crippen LogP contribution in [0.5, 0.6) is 0 Å². The lowest BCUT2D eigenvalue weighted by Gasteiger charge is -2.32. The molecule has 140 valence electrons. The van der Waals surface area contributed by atoms with Gasteiger partial charge in [-0.05, 0) is 51.0 Å². The SMILES string of the molecule is CCSSCC1CCCCC1NCCCC(NC1CCC1)C(N)=O. The molecule has 0 spiro atoms. The van der Waals surface area contributed by atoms with Gasteiger partial charge in [0.05, 0.1) is 6.04 Å². The number of rotatable bonds is 12. The van der Waals surface area contributed by atoms with Gasteiger partial charge < -0.3 is 16.4 Å². The first-order chi connectivity index (χ1) is 11.7. The molecule has 1 amide bonds. The Morgan fingerprint density at radius 3 is 2.62 bits per heavy atom. The van der Waals surface area contributed by atoms with Crippen LogP contribution in [0.4, 0.5) is 0 Å². The molecule has 0 aliphatic heterocycles. The maximum Gasteiger partial charge on any atom is 0.234 e. The maximum absolute atomic E-state index is 11.6. The summed E-state index contributed by atoms with van der Waals surface area (Å²) in [5.74, 6) is 3.08. The van der Waals surface area contributed by atoms with Gasteiger partial charge in [0.15, 0.2) is 0 Å². The monoisotopic (exact) mass is 373 g/mol. The Labute approximate surface area is 155 Å². The van der Waals surface area contributed by atoms with Crippen molar-refractivity contribution in [1.29, 1.82) is 0 Å². The van der Waals surface area contributed by atoms with Gasteiger partial charge in [0.1, 0.15) is 0 Å². The van der Waals surface area contributed by atoms with Gasteiger partial charge >= 0.3 is 0 Å². The zero-order valence-corrected chi connectivity index (χ0v) is 16.7. The van der Waals surface area contributed by atoms with Crippen LogP contribution in [0.2, 0.25) is 0 Å². The van der Waals surface area contributed by atoms with E-state index in [-0.39, 0.29) is 11.9 Å². The van der Waals surface area contributed by atoms with Crippen LogP contribution in [0.25, 0.3) is 0 Å². The average Bonchev–Trinajstić information content (AvgIpc) is 2.53. The summed E-state index contributed by atoms with van der Waals surface area (Å²) in [7, 11) is 4.01. The molecule has 0 aromatic carbocycles. The van der Waals surface area contributed by atoms with Crippen molar-refractivity contribution in [3.05, 3.63) is 0 Å². The summed E-state index contributed by atoms with van der Waals surface area (Å²) in [5, 5.41) is 7.20. The van der Waals surface area contributed by atoms with Gasteiger partial charge in [-0.2, -0.15) is 0 Å². The van der Waals surface area contributed by atoms with Crippen LogP contribution in [-0.2, 0) is 4.79 Å². The number of hydrogen-bond acceptors (Lipinski definition) is 5. The van der Waals surface area contributed by atoms with Gasteiger partial charge in [0.2, 0.25) is 5.91 Å². The zero-order chi connectivity index (χ0) is 17.2. The minimum absolute atomic E-state index is 0.143. The van der Waals surface area contributed by atoms with Crippen molar-refractivity contribution in [2.45, 2.75) is 82.8 Å². The highest BCUT2D eigenvalue weighted by atomic mass is 33.1. The van der Waals surface area contributed by atoms with Crippen LogP contribution < -0.4 is 16.4 Å². The van der Waals surface area contributed by atoms with Crippen LogP contribution in [0.15, 0.2) is 0 Å². The van der Waals surface area contributed by atoms with E-state index in [0.29, 0.717) is 12.1 Å². The third-order valence-electron chi connectivity index (χ3n) is 5.35. The highest BCUT2D eigenvalue weighted by Gasteiger charge is 2.26. The lowest BCUT2D eigenvalue weighted by atomic mass is 9.85. The van der Waals surface area contributed by atoms with Crippen LogP contribution in [-0.4, -0.2) is 42.1 Å². The second kappa shape index (κ2) is 11.7. The molecule has 0 bridgehead atoms. The molecule has 0 aromatic heterocycles. The van der Waals surface area contributed by atoms with E-state index in [1.165, 1.54) is 56.5 Å². The molecule has 0 heterocycles. The highest BCUT2D eigenvalue weighted by Crippen LogP contribution is 2.31. The Balaban J connectivity index is 1.63. The zero-order valence-electron chi connectivity index (χ0n) is 15.1. The summed E-state index contributed by atoms with van der Waals surface area (Å²) in [6.45, 7) is 3.23. The van der Waals surface area contributed by atoms with E-state index >= 15 is 0 Å². The minimum atomic E-state index is -0.189. The Hall–Kier alpha value is 0.0900. The summed E-state index contributed by atoms with van der Waals surface area (Å²) >= 11 is 0. The molecule has 6 heteroatoms. The van der Waals surface area contributed by atoms with Crippen molar-refractivity contribution >= 4 is 27.5 Å². The average molecular weight is 374 g/mol. The van der Waals surface area contributed by atoms with Crippen LogP contribution in [0.3, 0.4) is 0 Å². The van der Waals surface area contributed by atoms with Crippen LogP contribution >= 0.6 is 21.6 Å². The Kier molecular flexibility index (Phi) is 9.91. The fraction of sp³-hybridized carbons (Fsp3) is 0.944. The topological polar surface area (TPSA) is 67.2 Å². The van der Waals surface area contributed by atoms with Crippen LogP contribution in [0, 0.1) is 5.92 Å².